The van der Waals surface area contributed by atoms with Gasteiger partial charge in [-0.1, -0.05) is 19.9 Å². The van der Waals surface area contributed by atoms with Crippen LogP contribution >= 0.6 is 0 Å². The van der Waals surface area contributed by atoms with E-state index in [2.05, 4.69) is 31.3 Å². The van der Waals surface area contributed by atoms with Crippen molar-refractivity contribution in [1.82, 2.24) is 4.67 Å². The summed E-state index contributed by atoms with van der Waals surface area (Å²) in [5.74, 6) is 0.599. The van der Waals surface area contributed by atoms with Crippen LogP contribution in [0, 0.1) is 5.92 Å². The largest absolute Gasteiger partial charge is 0.299 e. The highest BCUT2D eigenvalue weighted by Crippen LogP contribution is 1.92. The zero-order chi connectivity index (χ0) is 7.28. The molecule has 0 fully saturated rings. The van der Waals surface area contributed by atoms with Crippen molar-refractivity contribution in [1.29, 1.82) is 0 Å². The lowest BCUT2D eigenvalue weighted by molar-refractivity contribution is 0.832. The number of nitrogens with zero attached hydrogens (tertiary/aromatic N) is 1. The number of rotatable bonds is 2. The predicted octanol–water partition coefficient (Wildman–Crippen LogP) is 1.43. The van der Waals surface area contributed by atoms with Gasteiger partial charge in [0.25, 0.3) is 12.4 Å². The van der Waals surface area contributed by atoms with E-state index >= 15 is 0 Å². The lowest BCUT2D eigenvalue weighted by Crippen LogP contribution is -1.89. The van der Waals surface area contributed by atoms with E-state index in [1.165, 1.54) is 0 Å². The fourth-order valence-corrected chi connectivity index (χ4v) is 0.384. The molecule has 0 aliphatic heterocycles. The summed E-state index contributed by atoms with van der Waals surface area (Å²) in [7, 11) is 0. The SMILES string of the molecule is C=[N+]=C(C)C=CC(C)C. The summed E-state index contributed by atoms with van der Waals surface area (Å²) in [5.41, 5.74) is 0.976. The third kappa shape index (κ3) is 5.05. The molecular formula is C8H14N+. The van der Waals surface area contributed by atoms with Gasteiger partial charge < -0.3 is 0 Å². The van der Waals surface area contributed by atoms with Gasteiger partial charge >= 0.3 is 0 Å². The van der Waals surface area contributed by atoms with E-state index in [1.807, 2.05) is 13.0 Å². The maximum Gasteiger partial charge on any atom is 0.299 e. The molecule has 0 aromatic heterocycles. The Hall–Kier alpha value is -0.810. The van der Waals surface area contributed by atoms with Crippen LogP contribution in [0.2, 0.25) is 0 Å². The normalized spacial score (nSPS) is 10.2. The average Bonchev–Trinajstić information content (AvgIpc) is 1.83. The Kier molecular flexibility index (Phi) is 3.74. The van der Waals surface area contributed by atoms with Crippen molar-refractivity contribution in [2.45, 2.75) is 20.8 Å². The van der Waals surface area contributed by atoms with Crippen molar-refractivity contribution in [2.75, 3.05) is 0 Å². The Morgan fingerprint density at radius 1 is 1.56 bits per heavy atom. The molecule has 0 spiro atoms. The third-order valence-electron chi connectivity index (χ3n) is 0.972. The second kappa shape index (κ2) is 4.11. The summed E-state index contributed by atoms with van der Waals surface area (Å²) in [6.45, 7) is 9.60. The van der Waals surface area contributed by atoms with E-state index < -0.39 is 0 Å². The van der Waals surface area contributed by atoms with Crippen LogP contribution in [-0.4, -0.2) is 12.4 Å². The van der Waals surface area contributed by atoms with Gasteiger partial charge in [0.15, 0.2) is 0 Å². The molecule has 0 amide bonds. The van der Waals surface area contributed by atoms with Gasteiger partial charge in [-0.15, -0.1) is 4.67 Å². The van der Waals surface area contributed by atoms with Gasteiger partial charge in [0.05, 0.1) is 0 Å². The Labute approximate surface area is 56.8 Å². The molecule has 0 rings (SSSR count). The van der Waals surface area contributed by atoms with Crippen LogP contribution in [0.5, 0.6) is 0 Å². The molecule has 0 aliphatic rings. The van der Waals surface area contributed by atoms with E-state index in [0.29, 0.717) is 5.92 Å². The standard InChI is InChI=1S/C8H14N/c1-7(2)5-6-8(3)9-4/h5-7H,4H2,1-3H3/q+1. The number of allylic oxidation sites excluding steroid dienone is 2. The van der Waals surface area contributed by atoms with Crippen LogP contribution in [0.1, 0.15) is 20.8 Å². The zero-order valence-corrected chi connectivity index (χ0v) is 6.39. The summed E-state index contributed by atoms with van der Waals surface area (Å²) < 4.78 is 3.74. The molecule has 0 N–H and O–H groups in total. The second-order valence-electron chi connectivity index (χ2n) is 2.40. The van der Waals surface area contributed by atoms with Gasteiger partial charge in [0, 0.05) is 13.0 Å². The molecule has 0 saturated heterocycles. The Morgan fingerprint density at radius 3 is 2.44 bits per heavy atom. The van der Waals surface area contributed by atoms with Crippen molar-refractivity contribution in [3.05, 3.63) is 12.2 Å². The Morgan fingerprint density at radius 2 is 2.11 bits per heavy atom. The van der Waals surface area contributed by atoms with Crippen LogP contribution in [0.4, 0.5) is 0 Å². The first-order chi connectivity index (χ1) is 4.16. The molecule has 50 valence electrons. The highest BCUT2D eigenvalue weighted by Gasteiger charge is 1.90. The molecule has 1 heteroatoms. The topological polar surface area (TPSA) is 14.1 Å². The number of hydrogen-bond acceptors (Lipinski definition) is 0. The molecule has 0 aromatic carbocycles. The Bertz CT molecular complexity index is 148. The highest BCUT2D eigenvalue weighted by molar-refractivity contribution is 5.92. The molecule has 0 bridgehead atoms. The van der Waals surface area contributed by atoms with Crippen LogP contribution in [0.15, 0.2) is 12.2 Å². The van der Waals surface area contributed by atoms with Gasteiger partial charge in [-0.25, -0.2) is 0 Å². The Balaban J connectivity index is 3.86. The maximum absolute atomic E-state index is 3.74. The fraction of sp³-hybridized carbons (Fsp3) is 0.500. The molecule has 0 radical (unpaired) electrons. The summed E-state index contributed by atoms with van der Waals surface area (Å²) >= 11 is 0. The van der Waals surface area contributed by atoms with Crippen LogP contribution in [-0.2, 0) is 0 Å². The van der Waals surface area contributed by atoms with Gasteiger partial charge in [-0.3, -0.25) is 0 Å². The van der Waals surface area contributed by atoms with Gasteiger partial charge in [0.2, 0.25) is 0 Å². The minimum atomic E-state index is 0.599. The molecule has 0 aromatic rings. The van der Waals surface area contributed by atoms with Gasteiger partial charge in [-0.2, -0.15) is 0 Å². The molecule has 0 aliphatic carbocycles. The second-order valence-corrected chi connectivity index (χ2v) is 2.40. The molecule has 0 heterocycles. The summed E-state index contributed by atoms with van der Waals surface area (Å²) in [6.07, 6.45) is 4.08. The molecule has 1 nitrogen and oxygen atoms in total. The van der Waals surface area contributed by atoms with Gasteiger partial charge in [-0.05, 0) is 5.92 Å². The molecule has 0 unspecified atom stereocenters. The monoisotopic (exact) mass is 124 g/mol. The summed E-state index contributed by atoms with van der Waals surface area (Å²) in [4.78, 5) is 0. The summed E-state index contributed by atoms with van der Waals surface area (Å²) in [6, 6.07) is 0. The molecule has 0 atom stereocenters. The maximum atomic E-state index is 3.74. The first kappa shape index (κ1) is 8.19. The minimum absolute atomic E-state index is 0.599. The van der Waals surface area contributed by atoms with Crippen LogP contribution in [0.25, 0.3) is 0 Å². The number of hydrogen-bond donors (Lipinski definition) is 0. The average molecular weight is 124 g/mol. The molecule has 0 saturated carbocycles. The highest BCUT2D eigenvalue weighted by atomic mass is 14.5. The lowest BCUT2D eigenvalue weighted by Gasteiger charge is -1.87. The first-order valence-electron chi connectivity index (χ1n) is 3.15. The van der Waals surface area contributed by atoms with Crippen molar-refractivity contribution >= 4 is 12.4 Å². The van der Waals surface area contributed by atoms with Crippen molar-refractivity contribution in [2.24, 2.45) is 5.92 Å². The van der Waals surface area contributed by atoms with Crippen LogP contribution in [0.3, 0.4) is 0 Å². The van der Waals surface area contributed by atoms with E-state index in [1.54, 1.807) is 0 Å². The fourth-order valence-electron chi connectivity index (χ4n) is 0.384. The summed E-state index contributed by atoms with van der Waals surface area (Å²) in [5, 5.41) is 0. The van der Waals surface area contributed by atoms with E-state index in [0.717, 1.165) is 5.71 Å². The van der Waals surface area contributed by atoms with Crippen molar-refractivity contribution < 1.29 is 0 Å². The molecular weight excluding hydrogens is 110 g/mol. The van der Waals surface area contributed by atoms with E-state index in [9.17, 15) is 0 Å². The quantitative estimate of drug-likeness (QED) is 0.390. The zero-order valence-electron chi connectivity index (χ0n) is 6.39. The predicted molar refractivity (Wildman–Crippen MR) is 43.9 cm³/mol. The first-order valence-corrected chi connectivity index (χ1v) is 3.15. The minimum Gasteiger partial charge on any atom is -0.106 e. The van der Waals surface area contributed by atoms with Gasteiger partial charge in [0.1, 0.15) is 0 Å². The van der Waals surface area contributed by atoms with E-state index in [-0.39, 0.29) is 0 Å². The van der Waals surface area contributed by atoms with Crippen molar-refractivity contribution in [3.63, 3.8) is 0 Å². The van der Waals surface area contributed by atoms with Crippen molar-refractivity contribution in [3.8, 4) is 0 Å². The lowest BCUT2D eigenvalue weighted by atomic mass is 10.2. The third-order valence-corrected chi connectivity index (χ3v) is 0.972. The smallest absolute Gasteiger partial charge is 0.106 e. The van der Waals surface area contributed by atoms with Crippen LogP contribution < -0.4 is 4.67 Å². The van der Waals surface area contributed by atoms with E-state index in [4.69, 9.17) is 0 Å². The molecule has 9 heavy (non-hydrogen) atoms.